The Morgan fingerprint density at radius 2 is 1.71 bits per heavy atom. The van der Waals surface area contributed by atoms with E-state index >= 15 is 0 Å². The summed E-state index contributed by atoms with van der Waals surface area (Å²) in [6.45, 7) is 2.94. The van der Waals surface area contributed by atoms with Crippen molar-refractivity contribution in [1.29, 1.82) is 0 Å². The Hall–Kier alpha value is -3.52. The van der Waals surface area contributed by atoms with Gasteiger partial charge in [0, 0.05) is 24.2 Å². The van der Waals surface area contributed by atoms with Crippen LogP contribution in [0.1, 0.15) is 29.2 Å². The molecule has 1 saturated heterocycles. The molecule has 1 amide bonds. The zero-order valence-electron chi connectivity index (χ0n) is 17.7. The van der Waals surface area contributed by atoms with Crippen LogP contribution in [-0.2, 0) is 9.59 Å². The first kappa shape index (κ1) is 22.2. The Balaban J connectivity index is 2.09. The molecular formula is C23H25N3O5. The number of nitrogens with zero attached hydrogens (tertiary/aromatic N) is 3. The predicted octanol–water partition coefficient (Wildman–Crippen LogP) is 3.28. The number of nitro groups is 1. The summed E-state index contributed by atoms with van der Waals surface area (Å²) in [4.78, 5) is 39.7. The molecule has 1 aliphatic heterocycles. The van der Waals surface area contributed by atoms with Gasteiger partial charge in [0.15, 0.2) is 0 Å². The Labute approximate surface area is 180 Å². The van der Waals surface area contributed by atoms with Gasteiger partial charge in [-0.2, -0.15) is 0 Å². The summed E-state index contributed by atoms with van der Waals surface area (Å²) in [5, 5.41) is 22.0. The van der Waals surface area contributed by atoms with Gasteiger partial charge < -0.3 is 14.9 Å². The van der Waals surface area contributed by atoms with Gasteiger partial charge >= 0.3 is 0 Å². The quantitative estimate of drug-likeness (QED) is 0.241. The molecule has 0 bridgehead atoms. The first-order valence-corrected chi connectivity index (χ1v) is 9.95. The molecule has 0 saturated carbocycles. The average Bonchev–Trinajstić information content (AvgIpc) is 2.98. The molecular weight excluding hydrogens is 398 g/mol. The van der Waals surface area contributed by atoms with Crippen LogP contribution >= 0.6 is 0 Å². The van der Waals surface area contributed by atoms with Gasteiger partial charge in [-0.3, -0.25) is 19.7 Å². The number of carbonyl (C=O) groups excluding carboxylic acids is 2. The number of Topliss-reactive ketones (excluding diaryl/α,β-unsaturated/α-hetero) is 1. The molecule has 0 radical (unpaired) electrons. The van der Waals surface area contributed by atoms with Crippen LogP contribution in [0.3, 0.4) is 0 Å². The minimum absolute atomic E-state index is 0.00689. The van der Waals surface area contributed by atoms with Crippen LogP contribution < -0.4 is 0 Å². The van der Waals surface area contributed by atoms with Crippen LogP contribution in [0.25, 0.3) is 5.76 Å². The lowest BCUT2D eigenvalue weighted by Gasteiger charge is -2.26. The zero-order valence-corrected chi connectivity index (χ0v) is 17.7. The van der Waals surface area contributed by atoms with Gasteiger partial charge in [-0.1, -0.05) is 29.8 Å². The lowest BCUT2D eigenvalue weighted by Crippen LogP contribution is -2.32. The fourth-order valence-electron chi connectivity index (χ4n) is 3.66. The summed E-state index contributed by atoms with van der Waals surface area (Å²) in [6, 6.07) is 11.9. The molecule has 1 fully saturated rings. The van der Waals surface area contributed by atoms with Crippen LogP contribution in [0.15, 0.2) is 54.1 Å². The molecule has 0 unspecified atom stereocenters. The molecule has 0 spiro atoms. The van der Waals surface area contributed by atoms with Crippen molar-refractivity contribution in [3.05, 3.63) is 80.9 Å². The van der Waals surface area contributed by atoms with E-state index in [1.54, 1.807) is 12.1 Å². The van der Waals surface area contributed by atoms with Crippen molar-refractivity contribution >= 4 is 23.1 Å². The summed E-state index contributed by atoms with van der Waals surface area (Å²) in [7, 11) is 3.83. The smallest absolute Gasteiger partial charge is 0.295 e. The number of carbonyl (C=O) groups is 2. The van der Waals surface area contributed by atoms with Gasteiger partial charge in [-0.15, -0.1) is 0 Å². The monoisotopic (exact) mass is 423 g/mol. The van der Waals surface area contributed by atoms with Crippen molar-refractivity contribution in [3.63, 3.8) is 0 Å². The Morgan fingerprint density at radius 3 is 2.26 bits per heavy atom. The molecule has 31 heavy (non-hydrogen) atoms. The third kappa shape index (κ3) is 4.64. The van der Waals surface area contributed by atoms with Gasteiger partial charge in [0.2, 0.25) is 0 Å². The molecule has 162 valence electrons. The zero-order chi connectivity index (χ0) is 22.7. The predicted molar refractivity (Wildman–Crippen MR) is 116 cm³/mol. The summed E-state index contributed by atoms with van der Waals surface area (Å²) in [5.74, 6) is -1.70. The number of amides is 1. The molecule has 3 rings (SSSR count). The maximum Gasteiger partial charge on any atom is 0.295 e. The number of aliphatic hydroxyl groups is 1. The van der Waals surface area contributed by atoms with E-state index in [2.05, 4.69) is 0 Å². The van der Waals surface area contributed by atoms with E-state index in [1.807, 2.05) is 38.1 Å². The Kier molecular flexibility index (Phi) is 6.50. The highest BCUT2D eigenvalue weighted by atomic mass is 16.6. The third-order valence-electron chi connectivity index (χ3n) is 5.29. The van der Waals surface area contributed by atoms with E-state index in [0.29, 0.717) is 30.6 Å². The largest absolute Gasteiger partial charge is 0.507 e. The summed E-state index contributed by atoms with van der Waals surface area (Å²) >= 11 is 0. The molecule has 1 aliphatic rings. The van der Waals surface area contributed by atoms with Crippen LogP contribution in [0, 0.1) is 17.0 Å². The third-order valence-corrected chi connectivity index (χ3v) is 5.29. The number of hydrogen-bond donors (Lipinski definition) is 1. The number of likely N-dealkylation sites (tertiary alicyclic amines) is 1. The molecule has 8 nitrogen and oxygen atoms in total. The van der Waals surface area contributed by atoms with Crippen LogP contribution in [0.5, 0.6) is 0 Å². The van der Waals surface area contributed by atoms with Crippen molar-refractivity contribution in [2.75, 3.05) is 27.2 Å². The van der Waals surface area contributed by atoms with E-state index in [0.717, 1.165) is 5.56 Å². The number of hydrogen-bond acceptors (Lipinski definition) is 6. The van der Waals surface area contributed by atoms with Crippen molar-refractivity contribution in [1.82, 2.24) is 9.80 Å². The SMILES string of the molecule is Cc1ccc(C(O)=C2C(=O)C(=O)N(CCCN(C)C)[C@@H]2c2ccc([N+](=O)[O-])cc2)cc1. The number of benzene rings is 2. The Morgan fingerprint density at radius 1 is 1.10 bits per heavy atom. The molecule has 1 N–H and O–H groups in total. The topological polar surface area (TPSA) is 104 Å². The molecule has 8 heteroatoms. The molecule has 1 atom stereocenters. The number of aliphatic hydroxyl groups excluding tert-OH is 1. The van der Waals surface area contributed by atoms with Crippen molar-refractivity contribution in [2.45, 2.75) is 19.4 Å². The maximum absolute atomic E-state index is 12.9. The van der Waals surface area contributed by atoms with Crippen molar-refractivity contribution in [3.8, 4) is 0 Å². The molecule has 2 aromatic rings. The standard InChI is InChI=1S/C23H25N3O5/c1-15-5-7-17(8-6-15)21(27)19-20(16-9-11-18(12-10-16)26(30)31)25(23(29)22(19)28)14-4-13-24(2)3/h5-12,20,27H,4,13-14H2,1-3H3/t20-/m1/s1. The average molecular weight is 423 g/mol. The van der Waals surface area contributed by atoms with Crippen LogP contribution in [0.4, 0.5) is 5.69 Å². The van der Waals surface area contributed by atoms with Crippen molar-refractivity contribution in [2.24, 2.45) is 0 Å². The number of nitro benzene ring substituents is 1. The number of non-ortho nitro benzene ring substituents is 1. The molecule has 0 aromatic heterocycles. The minimum Gasteiger partial charge on any atom is -0.507 e. The van der Waals surface area contributed by atoms with Gasteiger partial charge in [0.25, 0.3) is 17.4 Å². The second kappa shape index (κ2) is 9.09. The van der Waals surface area contributed by atoms with E-state index in [1.165, 1.54) is 29.2 Å². The van der Waals surface area contributed by atoms with Crippen LogP contribution in [0.2, 0.25) is 0 Å². The first-order chi connectivity index (χ1) is 14.7. The summed E-state index contributed by atoms with van der Waals surface area (Å²) < 4.78 is 0. The fraction of sp³-hybridized carbons (Fsp3) is 0.304. The van der Waals surface area contributed by atoms with Crippen molar-refractivity contribution < 1.29 is 19.6 Å². The lowest BCUT2D eigenvalue weighted by molar-refractivity contribution is -0.384. The maximum atomic E-state index is 12.9. The molecule has 2 aromatic carbocycles. The second-order valence-corrected chi connectivity index (χ2v) is 7.86. The van der Waals surface area contributed by atoms with E-state index in [9.17, 15) is 24.8 Å². The lowest BCUT2D eigenvalue weighted by atomic mass is 9.95. The molecule has 1 heterocycles. The van der Waals surface area contributed by atoms with Gasteiger partial charge in [0.05, 0.1) is 16.5 Å². The fourth-order valence-corrected chi connectivity index (χ4v) is 3.66. The van der Waals surface area contributed by atoms with Gasteiger partial charge in [-0.05, 0) is 51.7 Å². The highest BCUT2D eigenvalue weighted by Gasteiger charge is 2.45. The highest BCUT2D eigenvalue weighted by molar-refractivity contribution is 6.46. The number of ketones is 1. The normalized spacial score (nSPS) is 18.1. The van der Waals surface area contributed by atoms with Gasteiger partial charge in [0.1, 0.15) is 5.76 Å². The second-order valence-electron chi connectivity index (χ2n) is 7.86. The van der Waals surface area contributed by atoms with E-state index in [4.69, 9.17) is 0 Å². The summed E-state index contributed by atoms with van der Waals surface area (Å²) in [6.07, 6.45) is 0.633. The van der Waals surface area contributed by atoms with Gasteiger partial charge in [-0.25, -0.2) is 0 Å². The number of rotatable bonds is 7. The minimum atomic E-state index is -0.815. The van der Waals surface area contributed by atoms with E-state index < -0.39 is 22.7 Å². The molecule has 0 aliphatic carbocycles. The van der Waals surface area contributed by atoms with Crippen LogP contribution in [-0.4, -0.2) is 58.7 Å². The summed E-state index contributed by atoms with van der Waals surface area (Å²) in [5.41, 5.74) is 1.86. The highest BCUT2D eigenvalue weighted by Crippen LogP contribution is 2.39. The first-order valence-electron chi connectivity index (χ1n) is 9.95. The Bertz CT molecular complexity index is 1030. The van der Waals surface area contributed by atoms with E-state index in [-0.39, 0.29) is 17.0 Å². The number of aryl methyl sites for hydroxylation is 1.